The topological polar surface area (TPSA) is 42.0 Å². The smallest absolute Gasteiger partial charge is 0.344 e. The van der Waals surface area contributed by atoms with Crippen molar-refractivity contribution in [3.63, 3.8) is 0 Å². The molecule has 1 heterocycles. The van der Waals surface area contributed by atoms with Gasteiger partial charge in [0.2, 0.25) is 0 Å². The summed E-state index contributed by atoms with van der Waals surface area (Å²) in [6.45, 7) is 1.97. The van der Waals surface area contributed by atoms with Crippen molar-refractivity contribution >= 4 is 39.9 Å². The number of likely N-dealkylation sites (tertiary alicyclic amines) is 1. The Morgan fingerprint density at radius 3 is 2.50 bits per heavy atom. The minimum atomic E-state index is -0.261. The van der Waals surface area contributed by atoms with Gasteiger partial charge in [-0.15, -0.1) is 34.0 Å². The van der Waals surface area contributed by atoms with Crippen LogP contribution in [0.4, 0.5) is 0 Å². The Bertz CT molecular complexity index is 559. The summed E-state index contributed by atoms with van der Waals surface area (Å²) in [4.78, 5) is 16.9. The van der Waals surface area contributed by atoms with Crippen molar-refractivity contribution in [1.29, 1.82) is 0 Å². The van der Waals surface area contributed by atoms with Gasteiger partial charge in [-0.2, -0.15) is 0 Å². The van der Waals surface area contributed by atoms with Crippen molar-refractivity contribution in [2.45, 2.75) is 25.0 Å². The first-order valence-electron chi connectivity index (χ1n) is 8.77. The number of esters is 1. The van der Waals surface area contributed by atoms with E-state index in [4.69, 9.17) is 9.47 Å². The third-order valence-corrected chi connectivity index (χ3v) is 5.31. The predicted octanol–water partition coefficient (Wildman–Crippen LogP) is 3.03. The fourth-order valence-corrected chi connectivity index (χ4v) is 4.26. The highest BCUT2D eigenvalue weighted by atomic mass is 79.9. The van der Waals surface area contributed by atoms with E-state index in [9.17, 15) is 4.79 Å². The summed E-state index contributed by atoms with van der Waals surface area (Å²) in [5.41, 5.74) is 0. The van der Waals surface area contributed by atoms with Crippen LogP contribution in [0, 0.1) is 11.8 Å². The van der Waals surface area contributed by atoms with Crippen molar-refractivity contribution < 1.29 is 14.3 Å². The van der Waals surface area contributed by atoms with Crippen LogP contribution in [0.3, 0.4) is 0 Å². The minimum absolute atomic E-state index is 0. The van der Waals surface area contributed by atoms with Crippen LogP contribution < -0.4 is 4.74 Å². The molecule has 0 N–H and O–H groups in total. The first kappa shape index (κ1) is 23.4. The number of piperidine rings is 1. The van der Waals surface area contributed by atoms with Gasteiger partial charge in [0.05, 0.1) is 0 Å². The summed E-state index contributed by atoms with van der Waals surface area (Å²) in [5.74, 6) is 1.25. The van der Waals surface area contributed by atoms with Gasteiger partial charge in [0.15, 0.2) is 6.61 Å². The van der Waals surface area contributed by atoms with Gasteiger partial charge in [0, 0.05) is 31.0 Å². The number of hydrogen-bond acceptors (Lipinski definition) is 5. The number of carbonyl (C=O) groups is 1. The van der Waals surface area contributed by atoms with Crippen molar-refractivity contribution in [2.75, 3.05) is 40.8 Å². The number of halogens is 2. The molecule has 4 atom stereocenters. The van der Waals surface area contributed by atoms with Crippen LogP contribution in [0.1, 0.15) is 12.8 Å². The number of rotatable bonds is 5. The molecule has 2 bridgehead atoms. The Morgan fingerprint density at radius 2 is 1.85 bits per heavy atom. The highest BCUT2D eigenvalue weighted by Gasteiger charge is 2.46. The second kappa shape index (κ2) is 10.6. The maximum Gasteiger partial charge on any atom is 0.344 e. The van der Waals surface area contributed by atoms with E-state index in [0.717, 1.165) is 19.5 Å². The molecule has 7 heteroatoms. The van der Waals surface area contributed by atoms with Gasteiger partial charge in [-0.1, -0.05) is 18.2 Å². The van der Waals surface area contributed by atoms with Gasteiger partial charge in [-0.05, 0) is 46.1 Å². The van der Waals surface area contributed by atoms with E-state index in [1.54, 1.807) is 0 Å². The molecule has 26 heavy (non-hydrogen) atoms. The zero-order chi connectivity index (χ0) is 17.1. The summed E-state index contributed by atoms with van der Waals surface area (Å²) < 4.78 is 11.4. The average molecular weight is 494 g/mol. The lowest BCUT2D eigenvalue weighted by Gasteiger charge is -2.50. The molecule has 2 aliphatic rings. The predicted molar refractivity (Wildman–Crippen MR) is 114 cm³/mol. The van der Waals surface area contributed by atoms with Crippen LogP contribution in [-0.2, 0) is 9.53 Å². The molecule has 3 rings (SSSR count). The number of hydrogen-bond donors (Lipinski definition) is 0. The molecule has 0 radical (unpaired) electrons. The van der Waals surface area contributed by atoms with Crippen molar-refractivity contribution in [3.8, 4) is 5.75 Å². The number of ether oxygens (including phenoxy) is 2. The van der Waals surface area contributed by atoms with Gasteiger partial charge in [0.1, 0.15) is 11.9 Å². The van der Waals surface area contributed by atoms with Gasteiger partial charge < -0.3 is 19.3 Å². The van der Waals surface area contributed by atoms with E-state index in [1.807, 2.05) is 30.3 Å². The van der Waals surface area contributed by atoms with Crippen LogP contribution >= 0.6 is 34.0 Å². The molecule has 1 aliphatic heterocycles. The number of fused-ring (bicyclic) bond motifs is 2. The first-order valence-corrected chi connectivity index (χ1v) is 8.77. The zero-order valence-electron chi connectivity index (χ0n) is 15.7. The van der Waals surface area contributed by atoms with E-state index < -0.39 is 0 Å². The Balaban J connectivity index is 0.00000169. The molecule has 0 aromatic heterocycles. The molecular weight excluding hydrogens is 464 g/mol. The van der Waals surface area contributed by atoms with Crippen molar-refractivity contribution in [3.05, 3.63) is 30.3 Å². The van der Waals surface area contributed by atoms with Crippen LogP contribution in [0.5, 0.6) is 5.75 Å². The van der Waals surface area contributed by atoms with Crippen LogP contribution in [0.25, 0.3) is 0 Å². The summed E-state index contributed by atoms with van der Waals surface area (Å²) in [6.07, 6.45) is 2.31. The molecule has 1 aromatic carbocycles. The Labute approximate surface area is 177 Å². The number of carbonyl (C=O) groups excluding carboxylic acids is 1. The maximum atomic E-state index is 12.3. The molecule has 148 valence electrons. The fourth-order valence-electron chi connectivity index (χ4n) is 4.26. The average Bonchev–Trinajstić information content (AvgIpc) is 2.54. The van der Waals surface area contributed by atoms with Gasteiger partial charge in [-0.25, -0.2) is 4.79 Å². The lowest BCUT2D eigenvalue weighted by atomic mass is 9.72. The number of para-hydroxylation sites is 1. The van der Waals surface area contributed by atoms with E-state index in [-0.39, 0.29) is 52.6 Å². The zero-order valence-corrected chi connectivity index (χ0v) is 19.1. The summed E-state index contributed by atoms with van der Waals surface area (Å²) >= 11 is 0. The molecule has 0 amide bonds. The summed E-state index contributed by atoms with van der Waals surface area (Å²) in [5, 5.41) is 0. The Hall–Kier alpha value is -0.630. The largest absolute Gasteiger partial charge is 0.482 e. The molecule has 1 saturated heterocycles. The van der Waals surface area contributed by atoms with Crippen LogP contribution in [0.15, 0.2) is 30.3 Å². The van der Waals surface area contributed by atoms with Crippen molar-refractivity contribution in [2.24, 2.45) is 11.8 Å². The third kappa shape index (κ3) is 5.68. The normalized spacial score (nSPS) is 27.8. The molecule has 2 unspecified atom stereocenters. The number of benzene rings is 1. The second-order valence-electron chi connectivity index (χ2n) is 7.31. The Morgan fingerprint density at radius 1 is 1.15 bits per heavy atom. The molecule has 5 nitrogen and oxygen atoms in total. The molecule has 1 aliphatic carbocycles. The lowest BCUT2D eigenvalue weighted by molar-refractivity contribution is -0.169. The monoisotopic (exact) mass is 492 g/mol. The molecule has 2 fully saturated rings. The number of nitrogens with zero attached hydrogens (tertiary/aromatic N) is 2. The third-order valence-electron chi connectivity index (χ3n) is 5.31. The van der Waals surface area contributed by atoms with Crippen LogP contribution in [0.2, 0.25) is 0 Å². The van der Waals surface area contributed by atoms with Gasteiger partial charge in [-0.3, -0.25) is 0 Å². The van der Waals surface area contributed by atoms with E-state index in [0.29, 0.717) is 23.6 Å². The molecular formula is C19H30Br2N2O3. The summed E-state index contributed by atoms with van der Waals surface area (Å²) in [6, 6.07) is 9.87. The molecule has 1 saturated carbocycles. The maximum absolute atomic E-state index is 12.3. The highest BCUT2D eigenvalue weighted by molar-refractivity contribution is 8.93. The summed E-state index contributed by atoms with van der Waals surface area (Å²) in [7, 11) is 6.41. The lowest BCUT2D eigenvalue weighted by Crippen LogP contribution is -2.59. The van der Waals surface area contributed by atoms with E-state index >= 15 is 0 Å². The van der Waals surface area contributed by atoms with Gasteiger partial charge >= 0.3 is 5.97 Å². The molecule has 0 spiro atoms. The van der Waals surface area contributed by atoms with Gasteiger partial charge in [0.25, 0.3) is 0 Å². The minimum Gasteiger partial charge on any atom is -0.482 e. The fraction of sp³-hybridized carbons (Fsp3) is 0.632. The first-order chi connectivity index (χ1) is 11.5. The highest BCUT2D eigenvalue weighted by Crippen LogP contribution is 2.38. The standard InChI is InChI=1S/C19H28N2O3.2BrH/c1-20(2)17-10-9-14-11-21(3)12-16(17)19(14)24-18(22)13-23-15-7-5-4-6-8-15;;/h4-8,14,16-17,19H,9-13H2,1-3H3;2*1H/t14?,16?,17-,19-;;/m1../s1. The Kier molecular flexibility index (Phi) is 9.58. The van der Waals surface area contributed by atoms with E-state index in [2.05, 4.69) is 30.9 Å². The second-order valence-corrected chi connectivity index (χ2v) is 7.31. The van der Waals surface area contributed by atoms with Crippen LogP contribution in [-0.4, -0.2) is 68.8 Å². The van der Waals surface area contributed by atoms with Crippen molar-refractivity contribution in [1.82, 2.24) is 9.80 Å². The molecule has 1 aromatic rings. The quantitative estimate of drug-likeness (QED) is 0.590. The SMILES string of the molecule is Br.Br.CN1CC2CC[C@@H](N(C)C)C(C1)[C@@H]2OC(=O)COc1ccccc1. The van der Waals surface area contributed by atoms with E-state index in [1.165, 1.54) is 6.42 Å².